The van der Waals surface area contributed by atoms with Crippen molar-refractivity contribution < 1.29 is 9.90 Å². The van der Waals surface area contributed by atoms with Crippen LogP contribution in [0.5, 0.6) is 0 Å². The zero-order valence-electron chi connectivity index (χ0n) is 11.4. The Morgan fingerprint density at radius 3 is 2.95 bits per heavy atom. The van der Waals surface area contributed by atoms with Crippen LogP contribution in [0.15, 0.2) is 12.3 Å². The minimum Gasteiger partial charge on any atom is -0.394 e. The van der Waals surface area contributed by atoms with E-state index in [1.165, 1.54) is 0 Å². The molecule has 0 aromatic carbocycles. The third-order valence-electron chi connectivity index (χ3n) is 3.98. The number of aryl methyl sites for hydroxylation is 1. The lowest BCUT2D eigenvalue weighted by Gasteiger charge is -2.39. The van der Waals surface area contributed by atoms with Crippen LogP contribution >= 0.6 is 11.6 Å². The summed E-state index contributed by atoms with van der Waals surface area (Å²) in [5.41, 5.74) is 0.0435. The summed E-state index contributed by atoms with van der Waals surface area (Å²) in [5, 5.41) is 13.2. The van der Waals surface area contributed by atoms with E-state index in [1.807, 2.05) is 0 Å². The number of carbonyl (C=O) groups is 1. The SMILES string of the molecule is CC1CCCC(CO)(NC(=O)c2cc(Cl)cn2C)C1. The van der Waals surface area contributed by atoms with Gasteiger partial charge in [0.1, 0.15) is 5.69 Å². The van der Waals surface area contributed by atoms with Gasteiger partial charge in [0, 0.05) is 13.2 Å². The molecule has 1 heterocycles. The third kappa shape index (κ3) is 3.12. The lowest BCUT2D eigenvalue weighted by atomic mass is 9.77. The maximum absolute atomic E-state index is 12.3. The average Bonchev–Trinajstić information content (AvgIpc) is 2.68. The summed E-state index contributed by atoms with van der Waals surface area (Å²) in [4.78, 5) is 12.3. The number of nitrogens with zero attached hydrogens (tertiary/aromatic N) is 1. The fourth-order valence-electron chi connectivity index (χ4n) is 3.01. The van der Waals surface area contributed by atoms with Crippen LogP contribution < -0.4 is 5.32 Å². The zero-order chi connectivity index (χ0) is 14.0. The van der Waals surface area contributed by atoms with Gasteiger partial charge < -0.3 is 15.0 Å². The fourth-order valence-corrected chi connectivity index (χ4v) is 3.26. The fraction of sp³-hybridized carbons (Fsp3) is 0.643. The second-order valence-corrected chi connectivity index (χ2v) is 6.18. The number of halogens is 1. The molecule has 0 radical (unpaired) electrons. The third-order valence-corrected chi connectivity index (χ3v) is 4.18. The Balaban J connectivity index is 2.14. The van der Waals surface area contributed by atoms with Gasteiger partial charge in [-0.1, -0.05) is 31.4 Å². The van der Waals surface area contributed by atoms with Crippen LogP contribution in [0.3, 0.4) is 0 Å². The summed E-state index contributed by atoms with van der Waals surface area (Å²) < 4.78 is 1.70. The van der Waals surface area contributed by atoms with Crippen LogP contribution in [0.4, 0.5) is 0 Å². The quantitative estimate of drug-likeness (QED) is 0.895. The van der Waals surface area contributed by atoms with Crippen LogP contribution in [-0.4, -0.2) is 27.7 Å². The summed E-state index contributed by atoms with van der Waals surface area (Å²) in [7, 11) is 1.79. The molecule has 0 saturated heterocycles. The topological polar surface area (TPSA) is 54.3 Å². The average molecular weight is 285 g/mol. The van der Waals surface area contributed by atoms with Gasteiger partial charge in [0.2, 0.25) is 0 Å². The van der Waals surface area contributed by atoms with Crippen LogP contribution in [0.25, 0.3) is 0 Å². The molecular weight excluding hydrogens is 264 g/mol. The van der Waals surface area contributed by atoms with Crippen molar-refractivity contribution in [1.29, 1.82) is 0 Å². The van der Waals surface area contributed by atoms with E-state index < -0.39 is 5.54 Å². The first-order chi connectivity index (χ1) is 8.96. The minimum atomic E-state index is -0.481. The van der Waals surface area contributed by atoms with Crippen LogP contribution in [0, 0.1) is 5.92 Å². The zero-order valence-corrected chi connectivity index (χ0v) is 12.2. The monoisotopic (exact) mass is 284 g/mol. The molecule has 1 aliphatic rings. The van der Waals surface area contributed by atoms with Crippen molar-refractivity contribution in [3.8, 4) is 0 Å². The van der Waals surface area contributed by atoms with E-state index in [0.29, 0.717) is 16.6 Å². The van der Waals surface area contributed by atoms with Gasteiger partial charge in [-0.3, -0.25) is 4.79 Å². The van der Waals surface area contributed by atoms with Crippen LogP contribution in [0.2, 0.25) is 5.02 Å². The molecule has 1 saturated carbocycles. The minimum absolute atomic E-state index is 0.0127. The van der Waals surface area contributed by atoms with Gasteiger partial charge in [-0.25, -0.2) is 0 Å². The molecule has 19 heavy (non-hydrogen) atoms. The molecule has 2 rings (SSSR count). The molecule has 2 unspecified atom stereocenters. The number of aliphatic hydroxyl groups excluding tert-OH is 1. The second kappa shape index (κ2) is 5.55. The van der Waals surface area contributed by atoms with Crippen molar-refractivity contribution in [1.82, 2.24) is 9.88 Å². The molecule has 1 amide bonds. The number of hydrogen-bond donors (Lipinski definition) is 2. The van der Waals surface area contributed by atoms with Gasteiger partial charge in [0.25, 0.3) is 5.91 Å². The Hall–Kier alpha value is -1.00. The van der Waals surface area contributed by atoms with Crippen molar-refractivity contribution >= 4 is 17.5 Å². The van der Waals surface area contributed by atoms with E-state index in [4.69, 9.17) is 11.6 Å². The normalized spacial score (nSPS) is 27.3. The lowest BCUT2D eigenvalue weighted by molar-refractivity contribution is 0.0690. The first kappa shape index (κ1) is 14.4. The summed E-state index contributed by atoms with van der Waals surface area (Å²) in [6.45, 7) is 2.15. The Kier molecular flexibility index (Phi) is 4.21. The molecule has 2 N–H and O–H groups in total. The van der Waals surface area contributed by atoms with Crippen molar-refractivity contribution in [2.45, 2.75) is 38.1 Å². The molecule has 2 atom stereocenters. The standard InChI is InChI=1S/C14H21ClN2O2/c1-10-4-3-5-14(7-10,9-18)16-13(19)12-6-11(15)8-17(12)2/h6,8,10,18H,3-5,7,9H2,1-2H3,(H,16,19). The Morgan fingerprint density at radius 1 is 1.68 bits per heavy atom. The number of rotatable bonds is 3. The summed E-state index contributed by atoms with van der Waals surface area (Å²) in [6.07, 6.45) is 5.56. The number of nitrogens with one attached hydrogen (secondary N) is 1. The van der Waals surface area contributed by atoms with Gasteiger partial charge in [0.05, 0.1) is 17.2 Å². The highest BCUT2D eigenvalue weighted by molar-refractivity contribution is 6.31. The highest BCUT2D eigenvalue weighted by atomic mass is 35.5. The van der Waals surface area contributed by atoms with Crippen molar-refractivity contribution in [3.63, 3.8) is 0 Å². The molecule has 1 fully saturated rings. The molecule has 1 aromatic heterocycles. The van der Waals surface area contributed by atoms with E-state index in [-0.39, 0.29) is 12.5 Å². The smallest absolute Gasteiger partial charge is 0.268 e. The van der Waals surface area contributed by atoms with Crippen LogP contribution in [0.1, 0.15) is 43.1 Å². The van der Waals surface area contributed by atoms with Gasteiger partial charge in [-0.2, -0.15) is 0 Å². The molecule has 1 aromatic rings. The molecule has 4 nitrogen and oxygen atoms in total. The van der Waals surface area contributed by atoms with Gasteiger partial charge in [0.15, 0.2) is 0 Å². The molecule has 5 heteroatoms. The molecular formula is C14H21ClN2O2. The Bertz CT molecular complexity index is 472. The lowest BCUT2D eigenvalue weighted by Crippen LogP contribution is -2.54. The van der Waals surface area contributed by atoms with Gasteiger partial charge >= 0.3 is 0 Å². The first-order valence-electron chi connectivity index (χ1n) is 6.71. The predicted molar refractivity (Wildman–Crippen MR) is 75.3 cm³/mol. The van der Waals surface area contributed by atoms with E-state index in [9.17, 15) is 9.90 Å². The van der Waals surface area contributed by atoms with Crippen molar-refractivity contribution in [2.75, 3.05) is 6.61 Å². The van der Waals surface area contributed by atoms with E-state index in [1.54, 1.807) is 23.9 Å². The number of amides is 1. The number of hydrogen-bond acceptors (Lipinski definition) is 2. The highest BCUT2D eigenvalue weighted by Gasteiger charge is 2.36. The molecule has 0 bridgehead atoms. The van der Waals surface area contributed by atoms with Gasteiger partial charge in [-0.15, -0.1) is 0 Å². The Morgan fingerprint density at radius 2 is 2.42 bits per heavy atom. The molecule has 0 spiro atoms. The summed E-state index contributed by atoms with van der Waals surface area (Å²) in [5.74, 6) is 0.357. The van der Waals surface area contributed by atoms with E-state index in [2.05, 4.69) is 12.2 Å². The second-order valence-electron chi connectivity index (χ2n) is 5.75. The van der Waals surface area contributed by atoms with E-state index >= 15 is 0 Å². The van der Waals surface area contributed by atoms with Crippen molar-refractivity contribution in [2.24, 2.45) is 13.0 Å². The predicted octanol–water partition coefficient (Wildman–Crippen LogP) is 2.35. The Labute approximate surface area is 118 Å². The maximum atomic E-state index is 12.3. The highest BCUT2D eigenvalue weighted by Crippen LogP contribution is 2.32. The molecule has 106 valence electrons. The van der Waals surface area contributed by atoms with Crippen LogP contribution in [-0.2, 0) is 7.05 Å². The molecule has 0 aliphatic heterocycles. The largest absolute Gasteiger partial charge is 0.394 e. The number of aromatic nitrogens is 1. The number of aliphatic hydroxyl groups is 1. The molecule has 1 aliphatic carbocycles. The summed E-state index contributed by atoms with van der Waals surface area (Å²) in [6, 6.07) is 1.65. The first-order valence-corrected chi connectivity index (χ1v) is 7.09. The summed E-state index contributed by atoms with van der Waals surface area (Å²) >= 11 is 5.89. The van der Waals surface area contributed by atoms with Crippen molar-refractivity contribution in [3.05, 3.63) is 23.0 Å². The maximum Gasteiger partial charge on any atom is 0.268 e. The van der Waals surface area contributed by atoms with Gasteiger partial charge in [-0.05, 0) is 24.8 Å². The van der Waals surface area contributed by atoms with E-state index in [0.717, 1.165) is 25.7 Å². The number of carbonyl (C=O) groups excluding carboxylic acids is 1.